The average Bonchev–Trinajstić information content (AvgIpc) is 3.79. The van der Waals surface area contributed by atoms with Gasteiger partial charge in [0.15, 0.2) is 0 Å². The number of rotatable bonds is 8. The molecule has 4 nitrogen and oxygen atoms in total. The van der Waals surface area contributed by atoms with Crippen molar-refractivity contribution in [1.82, 2.24) is 9.88 Å². The van der Waals surface area contributed by atoms with Gasteiger partial charge < -0.3 is 5.32 Å². The monoisotopic (exact) mass is 826 g/mol. The fraction of sp³-hybridized carbons (Fsp3) is 0.100. The third kappa shape index (κ3) is 7.37. The lowest BCUT2D eigenvalue weighted by Gasteiger charge is -2.22. The molecule has 1 aliphatic carbocycles. The van der Waals surface area contributed by atoms with E-state index in [4.69, 9.17) is 4.99 Å². The van der Waals surface area contributed by atoms with E-state index in [-0.39, 0.29) is 11.4 Å². The zero-order chi connectivity index (χ0) is 43.8. The Hall–Kier alpha value is -7.82. The minimum absolute atomic E-state index is 0.192. The molecule has 310 valence electrons. The molecule has 0 radical (unpaired) electrons. The Morgan fingerprint density at radius 2 is 1.12 bits per heavy atom. The summed E-state index contributed by atoms with van der Waals surface area (Å²) in [4.78, 5) is 5.47. The summed E-state index contributed by atoms with van der Waals surface area (Å²) < 4.78 is 2.07. The zero-order valence-corrected chi connectivity index (χ0v) is 36.7. The molecule has 0 bridgehead atoms. The van der Waals surface area contributed by atoms with Crippen molar-refractivity contribution in [3.05, 3.63) is 234 Å². The van der Waals surface area contributed by atoms with Gasteiger partial charge >= 0.3 is 0 Å². The van der Waals surface area contributed by atoms with Crippen LogP contribution in [0.1, 0.15) is 55.5 Å². The number of benzene rings is 8. The van der Waals surface area contributed by atoms with Crippen LogP contribution in [0, 0.1) is 5.41 Å². The predicted molar refractivity (Wildman–Crippen MR) is 271 cm³/mol. The number of nitrogens with one attached hydrogen (secondary N) is 2. The fourth-order valence-corrected chi connectivity index (χ4v) is 9.59. The second-order valence-corrected chi connectivity index (χ2v) is 17.1. The Bertz CT molecular complexity index is 3250. The highest BCUT2D eigenvalue weighted by Gasteiger charge is 2.36. The Labute approximate surface area is 376 Å². The first kappa shape index (κ1) is 40.3. The van der Waals surface area contributed by atoms with Crippen LogP contribution in [0.15, 0.2) is 211 Å². The van der Waals surface area contributed by atoms with Gasteiger partial charge in [0.05, 0.1) is 17.6 Å². The lowest BCUT2D eigenvalue weighted by molar-refractivity contribution is 0.661. The predicted octanol–water partition coefficient (Wildman–Crippen LogP) is 15.1. The lowest BCUT2D eigenvalue weighted by Crippen LogP contribution is -2.35. The second kappa shape index (κ2) is 16.8. The quantitative estimate of drug-likeness (QED) is 0.0895. The largest absolute Gasteiger partial charge is 0.310 e. The highest BCUT2D eigenvalue weighted by atomic mass is 15.2. The molecule has 0 spiro atoms. The average molecular weight is 827 g/mol. The van der Waals surface area contributed by atoms with Crippen LogP contribution in [0.5, 0.6) is 0 Å². The highest BCUT2D eigenvalue weighted by Crippen LogP contribution is 2.50. The van der Waals surface area contributed by atoms with Crippen molar-refractivity contribution < 1.29 is 0 Å². The maximum Gasteiger partial charge on any atom is 0.206 e. The smallest absolute Gasteiger partial charge is 0.206 e. The van der Waals surface area contributed by atoms with Gasteiger partial charge in [0.2, 0.25) is 5.96 Å². The molecule has 4 heteroatoms. The van der Waals surface area contributed by atoms with Crippen molar-refractivity contribution >= 4 is 39.2 Å². The maximum absolute atomic E-state index is 10.1. The van der Waals surface area contributed by atoms with E-state index in [1.54, 1.807) is 0 Å². The standard InChI is InChI=1S/C60H50N4/c1-5-20-41(6-2)47-34-48(44-25-14-9-15-26-44)36-49(35-47)58(62-39-40-31-45(42-21-10-7-11-22-42)33-46(32-40)43-23-12-8-13-24-43)63-59(61)64-56-30-19-17-28-51(56)53-37-52-50-27-16-18-29-54(50)60(3,4)55(52)38-57(53)64/h5-38H,39H2,1-4H3,(H2,61,62,63). The Balaban J connectivity index is 1.15. The number of allylic oxidation sites excluding steroid dienone is 4. The van der Waals surface area contributed by atoms with Crippen LogP contribution in [0.4, 0.5) is 0 Å². The van der Waals surface area contributed by atoms with Crippen LogP contribution >= 0.6 is 0 Å². The molecule has 0 amide bonds. The molecule has 10 rings (SSSR count). The molecular weight excluding hydrogens is 777 g/mol. The van der Waals surface area contributed by atoms with Gasteiger partial charge in [-0.05, 0) is 141 Å². The van der Waals surface area contributed by atoms with Crippen LogP contribution in [0.2, 0.25) is 0 Å². The van der Waals surface area contributed by atoms with Gasteiger partial charge in [0, 0.05) is 21.8 Å². The van der Waals surface area contributed by atoms with Gasteiger partial charge in [0.25, 0.3) is 0 Å². The number of para-hydroxylation sites is 1. The molecule has 1 heterocycles. The molecule has 0 saturated carbocycles. The van der Waals surface area contributed by atoms with Crippen LogP contribution < -0.4 is 5.32 Å². The molecule has 0 saturated heterocycles. The lowest BCUT2D eigenvalue weighted by atomic mass is 9.82. The minimum Gasteiger partial charge on any atom is -0.310 e. The molecule has 1 aliphatic rings. The summed E-state index contributed by atoms with van der Waals surface area (Å²) in [6.07, 6.45) is 6.38. The van der Waals surface area contributed by atoms with E-state index in [0.29, 0.717) is 12.4 Å². The summed E-state index contributed by atoms with van der Waals surface area (Å²) in [5.74, 6) is 0.846. The molecular formula is C60H50N4. The van der Waals surface area contributed by atoms with Gasteiger partial charge in [-0.15, -0.1) is 0 Å². The van der Waals surface area contributed by atoms with Crippen molar-refractivity contribution in [3.63, 3.8) is 0 Å². The van der Waals surface area contributed by atoms with Crippen molar-refractivity contribution in [2.75, 3.05) is 0 Å². The van der Waals surface area contributed by atoms with Crippen molar-refractivity contribution in [2.45, 2.75) is 39.7 Å². The van der Waals surface area contributed by atoms with E-state index in [1.165, 1.54) is 22.3 Å². The summed E-state index contributed by atoms with van der Waals surface area (Å²) >= 11 is 0. The molecule has 0 unspecified atom stereocenters. The van der Waals surface area contributed by atoms with E-state index < -0.39 is 0 Å². The Morgan fingerprint density at radius 1 is 0.547 bits per heavy atom. The number of hydrogen-bond acceptors (Lipinski definition) is 2. The summed E-state index contributed by atoms with van der Waals surface area (Å²) in [6.45, 7) is 9.14. The number of aliphatic imine (C=N–C) groups is 1. The first-order valence-electron chi connectivity index (χ1n) is 22.1. The number of fused-ring (bicyclic) bond motifs is 6. The minimum atomic E-state index is -0.192. The molecule has 0 aliphatic heterocycles. The van der Waals surface area contributed by atoms with Gasteiger partial charge in [-0.3, -0.25) is 15.0 Å². The Morgan fingerprint density at radius 3 is 1.77 bits per heavy atom. The van der Waals surface area contributed by atoms with Crippen molar-refractivity contribution in [1.29, 1.82) is 5.41 Å². The first-order valence-corrected chi connectivity index (χ1v) is 22.1. The number of nitrogens with zero attached hydrogens (tertiary/aromatic N) is 2. The van der Waals surface area contributed by atoms with Crippen LogP contribution in [0.25, 0.3) is 71.9 Å². The third-order valence-electron chi connectivity index (χ3n) is 12.8. The van der Waals surface area contributed by atoms with E-state index in [0.717, 1.165) is 77.5 Å². The topological polar surface area (TPSA) is 53.2 Å². The number of hydrogen-bond donors (Lipinski definition) is 2. The molecule has 9 aromatic rings. The molecule has 0 fully saturated rings. The molecule has 0 atom stereocenters. The zero-order valence-electron chi connectivity index (χ0n) is 36.7. The summed E-state index contributed by atoms with van der Waals surface area (Å²) in [5.41, 5.74) is 17.8. The van der Waals surface area contributed by atoms with Crippen LogP contribution in [-0.4, -0.2) is 16.4 Å². The van der Waals surface area contributed by atoms with Crippen molar-refractivity contribution in [3.8, 4) is 44.5 Å². The van der Waals surface area contributed by atoms with E-state index in [1.807, 2.05) is 0 Å². The summed E-state index contributed by atoms with van der Waals surface area (Å²) in [7, 11) is 0. The van der Waals surface area contributed by atoms with Crippen LogP contribution in [0.3, 0.4) is 0 Å². The first-order chi connectivity index (χ1) is 31.3. The Kier molecular flexibility index (Phi) is 10.6. The SMILES string of the molecule is CC=CC(=CC)c1cc(C(=NCc2cc(-c3ccccc3)cc(-c3ccccc3)c2)NC(=N)n2c3ccccc3c3cc4c(cc32)C(C)(C)c2ccccc2-4)cc(-c2ccccc2)c1. The summed E-state index contributed by atoms with van der Waals surface area (Å²) in [6, 6.07) is 66.9. The van der Waals surface area contributed by atoms with Crippen molar-refractivity contribution in [2.24, 2.45) is 4.99 Å². The second-order valence-electron chi connectivity index (χ2n) is 17.1. The number of amidine groups is 1. The molecule has 64 heavy (non-hydrogen) atoms. The normalized spacial score (nSPS) is 13.4. The van der Waals surface area contributed by atoms with Crippen LogP contribution in [-0.2, 0) is 12.0 Å². The van der Waals surface area contributed by atoms with Gasteiger partial charge in [-0.1, -0.05) is 166 Å². The van der Waals surface area contributed by atoms with Gasteiger partial charge in [-0.25, -0.2) is 0 Å². The maximum atomic E-state index is 10.1. The summed E-state index contributed by atoms with van der Waals surface area (Å²) in [5, 5.41) is 16.0. The van der Waals surface area contributed by atoms with Gasteiger partial charge in [-0.2, -0.15) is 0 Å². The molecule has 2 N–H and O–H groups in total. The van der Waals surface area contributed by atoms with E-state index in [2.05, 4.69) is 244 Å². The highest BCUT2D eigenvalue weighted by molar-refractivity contribution is 6.18. The van der Waals surface area contributed by atoms with Gasteiger partial charge in [0.1, 0.15) is 5.84 Å². The van der Waals surface area contributed by atoms with E-state index in [9.17, 15) is 5.41 Å². The molecule has 1 aromatic heterocycles. The van der Waals surface area contributed by atoms with E-state index >= 15 is 0 Å². The third-order valence-corrected chi connectivity index (χ3v) is 12.8. The fourth-order valence-electron chi connectivity index (χ4n) is 9.59. The molecule has 8 aromatic carbocycles. The number of aromatic nitrogens is 1.